The summed E-state index contributed by atoms with van der Waals surface area (Å²) in [4.78, 5) is 0. The SMILES string of the molecule is CC(C)C(OC(c1ccc2ccccc2c1)C(C)C)c1ccc2ccccc2c1. The van der Waals surface area contributed by atoms with Gasteiger partial charge in [0.25, 0.3) is 0 Å². The molecule has 4 aromatic carbocycles. The zero-order valence-corrected chi connectivity index (χ0v) is 17.8. The first-order valence-electron chi connectivity index (χ1n) is 10.7. The van der Waals surface area contributed by atoms with Gasteiger partial charge in [0.2, 0.25) is 0 Å². The van der Waals surface area contributed by atoms with Crippen molar-refractivity contribution in [3.63, 3.8) is 0 Å². The van der Waals surface area contributed by atoms with Gasteiger partial charge in [-0.05, 0) is 56.6 Å². The van der Waals surface area contributed by atoms with Crippen LogP contribution in [0.15, 0.2) is 84.9 Å². The Kier molecular flexibility index (Phi) is 5.69. The highest BCUT2D eigenvalue weighted by Crippen LogP contribution is 2.37. The van der Waals surface area contributed by atoms with E-state index in [0.29, 0.717) is 11.8 Å². The number of ether oxygens (including phenoxy) is 1. The summed E-state index contributed by atoms with van der Waals surface area (Å²) in [5.41, 5.74) is 2.51. The minimum absolute atomic E-state index is 0.0541. The van der Waals surface area contributed by atoms with E-state index in [9.17, 15) is 0 Å². The normalized spacial score (nSPS) is 14.0. The van der Waals surface area contributed by atoms with Crippen molar-refractivity contribution in [3.05, 3.63) is 96.1 Å². The highest BCUT2D eigenvalue weighted by molar-refractivity contribution is 5.83. The summed E-state index contributed by atoms with van der Waals surface area (Å²) in [7, 11) is 0. The molecule has 1 nitrogen and oxygen atoms in total. The Bertz CT molecular complexity index is 1020. The molecule has 4 aromatic rings. The second-order valence-corrected chi connectivity index (χ2v) is 8.68. The molecule has 0 saturated heterocycles. The fraction of sp³-hybridized carbons (Fsp3) is 0.286. The van der Waals surface area contributed by atoms with Crippen molar-refractivity contribution >= 4 is 21.5 Å². The molecule has 1 heteroatoms. The van der Waals surface area contributed by atoms with Crippen LogP contribution in [0.4, 0.5) is 0 Å². The van der Waals surface area contributed by atoms with Gasteiger partial charge in [-0.1, -0.05) is 100 Å². The van der Waals surface area contributed by atoms with Crippen LogP contribution >= 0.6 is 0 Å². The molecule has 4 rings (SSSR count). The zero-order valence-electron chi connectivity index (χ0n) is 17.8. The second kappa shape index (κ2) is 8.39. The number of benzene rings is 4. The van der Waals surface area contributed by atoms with Crippen molar-refractivity contribution < 1.29 is 4.74 Å². The zero-order chi connectivity index (χ0) is 20.4. The van der Waals surface area contributed by atoms with Gasteiger partial charge in [0, 0.05) is 0 Å². The largest absolute Gasteiger partial charge is 0.365 e. The van der Waals surface area contributed by atoms with E-state index in [2.05, 4.69) is 113 Å². The topological polar surface area (TPSA) is 9.23 Å². The molecule has 2 unspecified atom stereocenters. The third-order valence-electron chi connectivity index (χ3n) is 5.71. The summed E-state index contributed by atoms with van der Waals surface area (Å²) in [5.74, 6) is 0.774. The summed E-state index contributed by atoms with van der Waals surface area (Å²) < 4.78 is 6.84. The molecule has 29 heavy (non-hydrogen) atoms. The Morgan fingerprint density at radius 1 is 0.483 bits per heavy atom. The Morgan fingerprint density at radius 2 is 0.862 bits per heavy atom. The van der Waals surface area contributed by atoms with Crippen LogP contribution in [0.25, 0.3) is 21.5 Å². The predicted octanol–water partition coefficient (Wildman–Crippen LogP) is 8.10. The van der Waals surface area contributed by atoms with E-state index < -0.39 is 0 Å². The lowest BCUT2D eigenvalue weighted by molar-refractivity contribution is -0.0609. The van der Waals surface area contributed by atoms with Crippen molar-refractivity contribution in [3.8, 4) is 0 Å². The molecule has 0 spiro atoms. The van der Waals surface area contributed by atoms with Crippen LogP contribution in [0, 0.1) is 11.8 Å². The molecule has 0 aliphatic heterocycles. The average Bonchev–Trinajstić information content (AvgIpc) is 2.73. The van der Waals surface area contributed by atoms with Gasteiger partial charge in [0.1, 0.15) is 0 Å². The maximum absolute atomic E-state index is 6.84. The van der Waals surface area contributed by atoms with Crippen molar-refractivity contribution in [2.24, 2.45) is 11.8 Å². The average molecular weight is 383 g/mol. The van der Waals surface area contributed by atoms with Gasteiger partial charge in [-0.15, -0.1) is 0 Å². The third-order valence-corrected chi connectivity index (χ3v) is 5.71. The van der Waals surface area contributed by atoms with Crippen molar-refractivity contribution in [2.45, 2.75) is 39.9 Å². The lowest BCUT2D eigenvalue weighted by atomic mass is 9.93. The van der Waals surface area contributed by atoms with E-state index in [1.54, 1.807) is 0 Å². The fourth-order valence-corrected chi connectivity index (χ4v) is 4.17. The molecule has 0 radical (unpaired) electrons. The van der Waals surface area contributed by atoms with Crippen LogP contribution in [0.3, 0.4) is 0 Å². The van der Waals surface area contributed by atoms with Crippen LogP contribution in [0.1, 0.15) is 51.0 Å². The Morgan fingerprint density at radius 3 is 1.24 bits per heavy atom. The van der Waals surface area contributed by atoms with Gasteiger partial charge < -0.3 is 4.74 Å². The Hall–Kier alpha value is -2.64. The number of fused-ring (bicyclic) bond motifs is 2. The van der Waals surface area contributed by atoms with Crippen molar-refractivity contribution in [1.29, 1.82) is 0 Å². The first-order valence-corrected chi connectivity index (χ1v) is 10.7. The summed E-state index contributed by atoms with van der Waals surface area (Å²) in [6.45, 7) is 8.99. The molecule has 2 atom stereocenters. The summed E-state index contributed by atoms with van der Waals surface area (Å²) in [6.07, 6.45) is 0.108. The standard InChI is InChI=1S/C28H30O/c1-19(2)27(25-15-13-21-9-5-7-11-23(21)17-25)29-28(20(3)4)26-16-14-22-10-6-8-12-24(22)18-26/h5-20,27-28H,1-4H3. The van der Waals surface area contributed by atoms with E-state index >= 15 is 0 Å². The van der Waals surface area contributed by atoms with Crippen molar-refractivity contribution in [1.82, 2.24) is 0 Å². The molecule has 0 saturated carbocycles. The van der Waals surface area contributed by atoms with Crippen LogP contribution in [0.2, 0.25) is 0 Å². The van der Waals surface area contributed by atoms with E-state index in [1.807, 2.05) is 0 Å². The second-order valence-electron chi connectivity index (χ2n) is 8.68. The van der Waals surface area contributed by atoms with Crippen LogP contribution < -0.4 is 0 Å². The number of hydrogen-bond donors (Lipinski definition) is 0. The Balaban J connectivity index is 1.69. The van der Waals surface area contributed by atoms with Crippen LogP contribution in [-0.2, 0) is 4.74 Å². The maximum Gasteiger partial charge on any atom is 0.0856 e. The summed E-state index contributed by atoms with van der Waals surface area (Å²) >= 11 is 0. The van der Waals surface area contributed by atoms with E-state index in [4.69, 9.17) is 4.74 Å². The van der Waals surface area contributed by atoms with Crippen LogP contribution in [0.5, 0.6) is 0 Å². The van der Waals surface area contributed by atoms with Gasteiger partial charge in [0.15, 0.2) is 0 Å². The number of hydrogen-bond acceptors (Lipinski definition) is 1. The highest BCUT2D eigenvalue weighted by Gasteiger charge is 2.25. The molecule has 0 heterocycles. The highest BCUT2D eigenvalue weighted by atomic mass is 16.5. The first-order chi connectivity index (χ1) is 14.0. The summed E-state index contributed by atoms with van der Waals surface area (Å²) in [5, 5.41) is 5.08. The summed E-state index contributed by atoms with van der Waals surface area (Å²) in [6, 6.07) is 30.5. The van der Waals surface area contributed by atoms with Gasteiger partial charge >= 0.3 is 0 Å². The molecular formula is C28H30O. The molecule has 0 fully saturated rings. The predicted molar refractivity (Wildman–Crippen MR) is 124 cm³/mol. The minimum Gasteiger partial charge on any atom is -0.365 e. The van der Waals surface area contributed by atoms with Crippen LogP contribution in [-0.4, -0.2) is 0 Å². The third kappa shape index (κ3) is 4.21. The van der Waals surface area contributed by atoms with E-state index in [-0.39, 0.29) is 12.2 Å². The lowest BCUT2D eigenvalue weighted by Gasteiger charge is -2.31. The monoisotopic (exact) mass is 382 g/mol. The van der Waals surface area contributed by atoms with Gasteiger partial charge in [-0.2, -0.15) is 0 Å². The van der Waals surface area contributed by atoms with E-state index in [0.717, 1.165) is 0 Å². The molecule has 0 aliphatic rings. The van der Waals surface area contributed by atoms with Gasteiger partial charge in [-0.25, -0.2) is 0 Å². The maximum atomic E-state index is 6.84. The lowest BCUT2D eigenvalue weighted by Crippen LogP contribution is -2.19. The quantitative estimate of drug-likeness (QED) is 0.327. The molecule has 148 valence electrons. The first kappa shape index (κ1) is 19.7. The molecule has 0 N–H and O–H groups in total. The molecular weight excluding hydrogens is 352 g/mol. The van der Waals surface area contributed by atoms with Crippen molar-refractivity contribution in [2.75, 3.05) is 0 Å². The number of rotatable bonds is 6. The molecule has 0 bridgehead atoms. The smallest absolute Gasteiger partial charge is 0.0856 e. The van der Waals surface area contributed by atoms with Gasteiger partial charge in [0.05, 0.1) is 12.2 Å². The van der Waals surface area contributed by atoms with E-state index in [1.165, 1.54) is 32.7 Å². The molecule has 0 amide bonds. The minimum atomic E-state index is 0.0541. The molecule has 0 aromatic heterocycles. The van der Waals surface area contributed by atoms with Gasteiger partial charge in [-0.3, -0.25) is 0 Å². The Labute approximate surface area is 174 Å². The fourth-order valence-electron chi connectivity index (χ4n) is 4.17. The molecule has 0 aliphatic carbocycles.